The van der Waals surface area contributed by atoms with E-state index in [1.807, 2.05) is 37.3 Å². The molecule has 5 heteroatoms. The molecule has 1 aliphatic heterocycles. The van der Waals surface area contributed by atoms with Crippen LogP contribution in [0.1, 0.15) is 49.4 Å². The van der Waals surface area contributed by atoms with E-state index < -0.39 is 0 Å². The van der Waals surface area contributed by atoms with Crippen LogP contribution in [0.15, 0.2) is 41.0 Å². The van der Waals surface area contributed by atoms with Gasteiger partial charge in [0, 0.05) is 11.6 Å². The van der Waals surface area contributed by atoms with Crippen molar-refractivity contribution in [2.45, 2.75) is 45.7 Å². The molecular formula is C20H27N3O2. The molecule has 0 aliphatic carbocycles. The number of nitrogens with zero attached hydrogens (tertiary/aromatic N) is 2. The molecule has 2 aromatic rings. The Hall–Kier alpha value is -2.14. The number of aromatic nitrogens is 1. The molecule has 5 nitrogen and oxygen atoms in total. The predicted octanol–water partition coefficient (Wildman–Crippen LogP) is 3.46. The number of carbonyl (C=O) groups is 1. The van der Waals surface area contributed by atoms with Gasteiger partial charge in [0.05, 0.1) is 24.5 Å². The lowest BCUT2D eigenvalue weighted by Gasteiger charge is -2.31. The van der Waals surface area contributed by atoms with Crippen LogP contribution in [0.5, 0.6) is 0 Å². The van der Waals surface area contributed by atoms with Gasteiger partial charge in [-0.15, -0.1) is 0 Å². The SMILES string of the molecule is CCC(NC(=O)C1CCN(Cc2ccco2)CC1)c1cccc(C)n1. The first-order valence-corrected chi connectivity index (χ1v) is 9.14. The molecule has 1 aliphatic rings. The highest BCUT2D eigenvalue weighted by atomic mass is 16.3. The van der Waals surface area contributed by atoms with Gasteiger partial charge in [-0.2, -0.15) is 0 Å². The fourth-order valence-electron chi connectivity index (χ4n) is 3.41. The van der Waals surface area contributed by atoms with E-state index in [9.17, 15) is 4.79 Å². The molecule has 0 aromatic carbocycles. The van der Waals surface area contributed by atoms with E-state index in [4.69, 9.17) is 4.42 Å². The van der Waals surface area contributed by atoms with Gasteiger partial charge in [-0.25, -0.2) is 0 Å². The van der Waals surface area contributed by atoms with E-state index >= 15 is 0 Å². The zero-order valence-corrected chi connectivity index (χ0v) is 15.1. The minimum atomic E-state index is -0.00597. The van der Waals surface area contributed by atoms with Gasteiger partial charge >= 0.3 is 0 Å². The molecule has 0 saturated carbocycles. The summed E-state index contributed by atoms with van der Waals surface area (Å²) in [6.45, 7) is 6.75. The Morgan fingerprint density at radius 2 is 2.12 bits per heavy atom. The maximum absolute atomic E-state index is 12.7. The second kappa shape index (κ2) is 8.30. The maximum atomic E-state index is 12.7. The van der Waals surface area contributed by atoms with Gasteiger partial charge in [0.15, 0.2) is 0 Å². The topological polar surface area (TPSA) is 58.4 Å². The smallest absolute Gasteiger partial charge is 0.223 e. The van der Waals surface area contributed by atoms with Crippen molar-refractivity contribution < 1.29 is 9.21 Å². The fourth-order valence-corrected chi connectivity index (χ4v) is 3.41. The van der Waals surface area contributed by atoms with Gasteiger partial charge in [-0.1, -0.05) is 13.0 Å². The van der Waals surface area contributed by atoms with Gasteiger partial charge in [0.25, 0.3) is 0 Å². The second-order valence-corrected chi connectivity index (χ2v) is 6.80. The lowest BCUT2D eigenvalue weighted by Crippen LogP contribution is -2.41. The number of carbonyl (C=O) groups excluding carboxylic acids is 1. The maximum Gasteiger partial charge on any atom is 0.223 e. The summed E-state index contributed by atoms with van der Waals surface area (Å²) in [5, 5.41) is 3.20. The number of rotatable bonds is 6. The number of likely N-dealkylation sites (tertiary alicyclic amines) is 1. The normalized spacial score (nSPS) is 17.4. The molecule has 1 saturated heterocycles. The van der Waals surface area contributed by atoms with E-state index in [1.165, 1.54) is 0 Å². The Morgan fingerprint density at radius 1 is 1.32 bits per heavy atom. The van der Waals surface area contributed by atoms with Crippen molar-refractivity contribution >= 4 is 5.91 Å². The first-order chi connectivity index (χ1) is 12.2. The van der Waals surface area contributed by atoms with Crippen molar-refractivity contribution in [2.24, 2.45) is 5.92 Å². The highest BCUT2D eigenvalue weighted by molar-refractivity contribution is 5.79. The minimum Gasteiger partial charge on any atom is -0.468 e. The largest absolute Gasteiger partial charge is 0.468 e. The highest BCUT2D eigenvalue weighted by Gasteiger charge is 2.27. The molecule has 2 aromatic heterocycles. The molecule has 0 spiro atoms. The highest BCUT2D eigenvalue weighted by Crippen LogP contribution is 2.22. The minimum absolute atomic E-state index is 0.00597. The van der Waals surface area contributed by atoms with Crippen LogP contribution < -0.4 is 5.32 Å². The number of piperidine rings is 1. The second-order valence-electron chi connectivity index (χ2n) is 6.80. The summed E-state index contributed by atoms with van der Waals surface area (Å²) >= 11 is 0. The molecule has 1 unspecified atom stereocenters. The Balaban J connectivity index is 1.51. The van der Waals surface area contributed by atoms with Gasteiger partial charge in [-0.05, 0) is 63.5 Å². The van der Waals surface area contributed by atoms with Crippen molar-refractivity contribution in [2.75, 3.05) is 13.1 Å². The first-order valence-electron chi connectivity index (χ1n) is 9.14. The third kappa shape index (κ3) is 4.69. The van der Waals surface area contributed by atoms with Crippen molar-refractivity contribution in [1.29, 1.82) is 0 Å². The van der Waals surface area contributed by atoms with Crippen LogP contribution in [0.4, 0.5) is 0 Å². The van der Waals surface area contributed by atoms with E-state index in [0.717, 1.165) is 56.0 Å². The van der Waals surface area contributed by atoms with Gasteiger partial charge in [0.2, 0.25) is 5.91 Å². The van der Waals surface area contributed by atoms with Gasteiger partial charge in [-0.3, -0.25) is 14.7 Å². The van der Waals surface area contributed by atoms with Crippen LogP contribution in [0.3, 0.4) is 0 Å². The van der Waals surface area contributed by atoms with Crippen molar-refractivity contribution in [3.05, 3.63) is 53.7 Å². The van der Waals surface area contributed by atoms with Crippen LogP contribution in [0.25, 0.3) is 0 Å². The lowest BCUT2D eigenvalue weighted by molar-refractivity contribution is -0.127. The third-order valence-corrected chi connectivity index (χ3v) is 4.91. The van der Waals surface area contributed by atoms with Gasteiger partial charge < -0.3 is 9.73 Å². The zero-order chi connectivity index (χ0) is 17.6. The molecule has 134 valence electrons. The molecule has 1 atom stereocenters. The van der Waals surface area contributed by atoms with Gasteiger partial charge in [0.1, 0.15) is 5.76 Å². The first kappa shape index (κ1) is 17.7. The number of aryl methyl sites for hydroxylation is 1. The Bertz CT molecular complexity index is 676. The summed E-state index contributed by atoms with van der Waals surface area (Å²) in [5.41, 5.74) is 1.93. The van der Waals surface area contributed by atoms with Crippen LogP contribution in [0.2, 0.25) is 0 Å². The Kier molecular flexibility index (Phi) is 5.87. The number of pyridine rings is 1. The Labute approximate surface area is 149 Å². The Morgan fingerprint density at radius 3 is 2.76 bits per heavy atom. The average Bonchev–Trinajstić information content (AvgIpc) is 3.13. The summed E-state index contributed by atoms with van der Waals surface area (Å²) in [7, 11) is 0. The molecule has 0 radical (unpaired) electrons. The predicted molar refractivity (Wildman–Crippen MR) is 96.9 cm³/mol. The summed E-state index contributed by atoms with van der Waals surface area (Å²) in [6.07, 6.45) is 4.34. The van der Waals surface area contributed by atoms with Crippen LogP contribution in [-0.4, -0.2) is 28.9 Å². The summed E-state index contributed by atoms with van der Waals surface area (Å²) in [5.74, 6) is 1.24. The number of furan rings is 1. The molecule has 3 heterocycles. The monoisotopic (exact) mass is 341 g/mol. The summed E-state index contributed by atoms with van der Waals surface area (Å²) in [4.78, 5) is 19.6. The molecule has 25 heavy (non-hydrogen) atoms. The molecule has 3 rings (SSSR count). The van der Waals surface area contributed by atoms with E-state index in [0.29, 0.717) is 0 Å². The standard InChI is InChI=1S/C20H27N3O2/c1-3-18(19-8-4-6-15(2)21-19)22-20(24)16-9-11-23(12-10-16)14-17-7-5-13-25-17/h4-8,13,16,18H,3,9-12,14H2,1-2H3,(H,22,24). The number of nitrogens with one attached hydrogen (secondary N) is 1. The number of amides is 1. The summed E-state index contributed by atoms with van der Waals surface area (Å²) < 4.78 is 5.41. The van der Waals surface area contributed by atoms with Crippen LogP contribution in [-0.2, 0) is 11.3 Å². The fraction of sp³-hybridized carbons (Fsp3) is 0.500. The number of hydrogen-bond acceptors (Lipinski definition) is 4. The molecule has 1 N–H and O–H groups in total. The van der Waals surface area contributed by atoms with E-state index in [-0.39, 0.29) is 17.9 Å². The third-order valence-electron chi connectivity index (χ3n) is 4.91. The lowest BCUT2D eigenvalue weighted by atomic mass is 9.95. The van der Waals surface area contributed by atoms with Crippen molar-refractivity contribution in [3.63, 3.8) is 0 Å². The number of hydrogen-bond donors (Lipinski definition) is 1. The van der Waals surface area contributed by atoms with Crippen molar-refractivity contribution in [3.8, 4) is 0 Å². The average molecular weight is 341 g/mol. The summed E-state index contributed by atoms with van der Waals surface area (Å²) in [6, 6.07) is 9.88. The molecule has 1 amide bonds. The zero-order valence-electron chi connectivity index (χ0n) is 15.1. The molecule has 0 bridgehead atoms. The quantitative estimate of drug-likeness (QED) is 0.874. The van der Waals surface area contributed by atoms with Crippen LogP contribution in [0, 0.1) is 12.8 Å². The van der Waals surface area contributed by atoms with Crippen LogP contribution >= 0.6 is 0 Å². The van der Waals surface area contributed by atoms with E-state index in [2.05, 4.69) is 22.1 Å². The van der Waals surface area contributed by atoms with Crippen molar-refractivity contribution in [1.82, 2.24) is 15.2 Å². The van der Waals surface area contributed by atoms with E-state index in [1.54, 1.807) is 6.26 Å². The molecule has 1 fully saturated rings. The molecular weight excluding hydrogens is 314 g/mol.